The van der Waals surface area contributed by atoms with E-state index in [2.05, 4.69) is 4.98 Å². The fourth-order valence-corrected chi connectivity index (χ4v) is 2.39. The number of rotatable bonds is 5. The first kappa shape index (κ1) is 16.1. The van der Waals surface area contributed by atoms with Gasteiger partial charge in [-0.05, 0) is 26.0 Å². The van der Waals surface area contributed by atoms with Crippen LogP contribution in [0.1, 0.15) is 19.7 Å². The molecule has 0 aliphatic rings. The Bertz CT molecular complexity index is 695. The number of aliphatic carboxylic acids is 1. The van der Waals surface area contributed by atoms with Gasteiger partial charge in [0.15, 0.2) is 0 Å². The van der Waals surface area contributed by atoms with Crippen molar-refractivity contribution in [1.29, 1.82) is 0 Å². The van der Waals surface area contributed by atoms with Crippen LogP contribution >= 0.6 is 23.2 Å². The van der Waals surface area contributed by atoms with Crippen molar-refractivity contribution in [2.75, 3.05) is 7.11 Å². The minimum absolute atomic E-state index is 0.191. The molecule has 0 saturated carbocycles. The van der Waals surface area contributed by atoms with Crippen molar-refractivity contribution in [3.05, 3.63) is 28.0 Å². The lowest BCUT2D eigenvalue weighted by molar-refractivity contribution is -0.137. The SMILES string of the molecule is COC(C)(C)Cc1nc2cc(Cl)c(Cl)cc2n1CC(=O)O. The van der Waals surface area contributed by atoms with E-state index in [4.69, 9.17) is 33.0 Å². The molecule has 2 rings (SSSR count). The lowest BCUT2D eigenvalue weighted by Gasteiger charge is -2.22. The van der Waals surface area contributed by atoms with Crippen LogP contribution in [0.4, 0.5) is 0 Å². The number of hydrogen-bond donors (Lipinski definition) is 1. The molecule has 0 radical (unpaired) electrons. The topological polar surface area (TPSA) is 64.4 Å². The van der Waals surface area contributed by atoms with E-state index in [0.29, 0.717) is 33.3 Å². The Labute approximate surface area is 132 Å². The zero-order chi connectivity index (χ0) is 15.8. The van der Waals surface area contributed by atoms with Gasteiger partial charge in [0, 0.05) is 13.5 Å². The molecule has 0 fully saturated rings. The highest BCUT2D eigenvalue weighted by molar-refractivity contribution is 6.42. The van der Waals surface area contributed by atoms with Crippen LogP contribution in [0, 0.1) is 0 Å². The van der Waals surface area contributed by atoms with Gasteiger partial charge in [0.25, 0.3) is 0 Å². The fraction of sp³-hybridized carbons (Fsp3) is 0.429. The normalized spacial score (nSPS) is 12.0. The highest BCUT2D eigenvalue weighted by Crippen LogP contribution is 2.29. The Balaban J connectivity index is 2.60. The van der Waals surface area contributed by atoms with Gasteiger partial charge in [-0.3, -0.25) is 4.79 Å². The van der Waals surface area contributed by atoms with Gasteiger partial charge >= 0.3 is 5.97 Å². The molecule has 1 N–H and O–H groups in total. The van der Waals surface area contributed by atoms with Gasteiger partial charge in [-0.1, -0.05) is 23.2 Å². The van der Waals surface area contributed by atoms with Crippen molar-refractivity contribution < 1.29 is 14.6 Å². The van der Waals surface area contributed by atoms with Crippen molar-refractivity contribution in [2.45, 2.75) is 32.4 Å². The minimum atomic E-state index is -0.947. The maximum absolute atomic E-state index is 11.1. The number of benzene rings is 1. The summed E-state index contributed by atoms with van der Waals surface area (Å²) in [5.41, 5.74) is 0.812. The molecule has 7 heteroatoms. The second kappa shape index (κ2) is 5.83. The van der Waals surface area contributed by atoms with Crippen molar-refractivity contribution in [1.82, 2.24) is 9.55 Å². The molecule has 1 aromatic heterocycles. The van der Waals surface area contributed by atoms with E-state index in [-0.39, 0.29) is 6.54 Å². The van der Waals surface area contributed by atoms with Gasteiger partial charge in [0.2, 0.25) is 0 Å². The van der Waals surface area contributed by atoms with Crippen molar-refractivity contribution >= 4 is 40.2 Å². The largest absolute Gasteiger partial charge is 0.480 e. The highest BCUT2D eigenvalue weighted by atomic mass is 35.5. The van der Waals surface area contributed by atoms with Crippen LogP contribution in [0.3, 0.4) is 0 Å². The molecule has 21 heavy (non-hydrogen) atoms. The second-order valence-corrected chi connectivity index (χ2v) is 6.22. The summed E-state index contributed by atoms with van der Waals surface area (Å²) in [7, 11) is 1.61. The third-order valence-corrected chi connectivity index (χ3v) is 4.02. The summed E-state index contributed by atoms with van der Waals surface area (Å²) in [6, 6.07) is 3.28. The van der Waals surface area contributed by atoms with Gasteiger partial charge in [-0.2, -0.15) is 0 Å². The zero-order valence-corrected chi connectivity index (χ0v) is 13.5. The first-order chi connectivity index (χ1) is 9.73. The molecule has 0 aliphatic heterocycles. The summed E-state index contributed by atoms with van der Waals surface area (Å²) in [4.78, 5) is 15.6. The van der Waals surface area contributed by atoms with E-state index in [1.807, 2.05) is 13.8 Å². The Morgan fingerprint density at radius 3 is 2.57 bits per heavy atom. The van der Waals surface area contributed by atoms with Crippen molar-refractivity contribution in [3.8, 4) is 0 Å². The molecule has 0 aliphatic carbocycles. The average Bonchev–Trinajstić information content (AvgIpc) is 2.67. The first-order valence-corrected chi connectivity index (χ1v) is 7.10. The number of carboxylic acid groups (broad SMARTS) is 1. The van der Waals surface area contributed by atoms with Crippen LogP contribution < -0.4 is 0 Å². The predicted octanol–water partition coefficient (Wildman–Crippen LogP) is 3.40. The molecular weight excluding hydrogens is 315 g/mol. The lowest BCUT2D eigenvalue weighted by Crippen LogP contribution is -2.28. The molecule has 0 bridgehead atoms. The summed E-state index contributed by atoms with van der Waals surface area (Å²) in [5.74, 6) is -0.325. The summed E-state index contributed by atoms with van der Waals surface area (Å²) in [5, 5.41) is 9.87. The van der Waals surface area contributed by atoms with Gasteiger partial charge < -0.3 is 14.4 Å². The number of imidazole rings is 1. The van der Waals surface area contributed by atoms with E-state index in [9.17, 15) is 4.79 Å². The third kappa shape index (κ3) is 3.48. The third-order valence-electron chi connectivity index (χ3n) is 3.30. The van der Waals surface area contributed by atoms with Crippen LogP contribution in [-0.2, 0) is 22.5 Å². The van der Waals surface area contributed by atoms with E-state index < -0.39 is 11.6 Å². The minimum Gasteiger partial charge on any atom is -0.480 e. The summed E-state index contributed by atoms with van der Waals surface area (Å²) >= 11 is 12.0. The Kier molecular flexibility index (Phi) is 4.46. The second-order valence-electron chi connectivity index (χ2n) is 5.40. The maximum Gasteiger partial charge on any atom is 0.323 e. The number of halogens is 2. The summed E-state index contributed by atoms with van der Waals surface area (Å²) in [6.45, 7) is 3.64. The molecule has 0 amide bonds. The quantitative estimate of drug-likeness (QED) is 0.912. The predicted molar refractivity (Wildman–Crippen MR) is 82.2 cm³/mol. The Morgan fingerprint density at radius 1 is 1.38 bits per heavy atom. The molecule has 0 saturated heterocycles. The van der Waals surface area contributed by atoms with E-state index in [1.165, 1.54) is 0 Å². The van der Waals surface area contributed by atoms with Crippen molar-refractivity contribution in [3.63, 3.8) is 0 Å². The van der Waals surface area contributed by atoms with Crippen LogP contribution in [0.25, 0.3) is 11.0 Å². The van der Waals surface area contributed by atoms with Gasteiger partial charge in [-0.15, -0.1) is 0 Å². The van der Waals surface area contributed by atoms with Gasteiger partial charge in [0.05, 0.1) is 26.7 Å². The van der Waals surface area contributed by atoms with E-state index in [0.717, 1.165) is 0 Å². The van der Waals surface area contributed by atoms with Gasteiger partial charge in [0.1, 0.15) is 12.4 Å². The standard InChI is InChI=1S/C14H16Cl2N2O3/c1-14(2,21-3)6-12-17-10-4-8(15)9(16)5-11(10)18(12)7-13(19)20/h4-5H,6-7H2,1-3H3,(H,19,20). The molecule has 0 unspecified atom stereocenters. The molecule has 0 atom stereocenters. The van der Waals surface area contributed by atoms with Gasteiger partial charge in [-0.25, -0.2) is 4.98 Å². The number of hydrogen-bond acceptors (Lipinski definition) is 3. The molecule has 1 heterocycles. The highest BCUT2D eigenvalue weighted by Gasteiger charge is 2.23. The van der Waals surface area contributed by atoms with Crippen LogP contribution in [0.5, 0.6) is 0 Å². The van der Waals surface area contributed by atoms with E-state index in [1.54, 1.807) is 23.8 Å². The molecular formula is C14H16Cl2N2O3. The smallest absolute Gasteiger partial charge is 0.323 e. The summed E-state index contributed by atoms with van der Waals surface area (Å²) in [6.07, 6.45) is 0.473. The molecule has 114 valence electrons. The van der Waals surface area contributed by atoms with Crippen molar-refractivity contribution in [2.24, 2.45) is 0 Å². The molecule has 0 spiro atoms. The maximum atomic E-state index is 11.1. The Morgan fingerprint density at radius 2 is 2.00 bits per heavy atom. The zero-order valence-electron chi connectivity index (χ0n) is 12.0. The number of nitrogens with zero attached hydrogens (tertiary/aromatic N) is 2. The monoisotopic (exact) mass is 330 g/mol. The fourth-order valence-electron chi connectivity index (χ4n) is 2.07. The average molecular weight is 331 g/mol. The first-order valence-electron chi connectivity index (χ1n) is 6.34. The lowest BCUT2D eigenvalue weighted by atomic mass is 10.1. The molecule has 1 aromatic carbocycles. The summed E-state index contributed by atoms with van der Waals surface area (Å²) < 4.78 is 7.02. The Hall–Kier alpha value is -1.30. The molecule has 2 aromatic rings. The van der Waals surface area contributed by atoms with Crippen LogP contribution in [-0.4, -0.2) is 33.3 Å². The van der Waals surface area contributed by atoms with Crippen LogP contribution in [0.15, 0.2) is 12.1 Å². The molecule has 5 nitrogen and oxygen atoms in total. The van der Waals surface area contributed by atoms with E-state index >= 15 is 0 Å². The van der Waals surface area contributed by atoms with Crippen LogP contribution in [0.2, 0.25) is 10.0 Å². The number of fused-ring (bicyclic) bond motifs is 1. The number of carboxylic acids is 1. The number of carbonyl (C=O) groups is 1. The number of ether oxygens (including phenoxy) is 1. The number of methoxy groups -OCH3 is 1. The number of aromatic nitrogens is 2.